The summed E-state index contributed by atoms with van der Waals surface area (Å²) < 4.78 is 0. The Hall–Kier alpha value is -0.0100. The van der Waals surface area contributed by atoms with Crippen molar-refractivity contribution < 1.29 is 0 Å². The number of hydrogen-bond acceptors (Lipinski definition) is 1. The fourth-order valence-electron chi connectivity index (χ4n) is 6.99. The number of nitrogens with zero attached hydrogens (tertiary/aromatic N) is 1. The quantitative estimate of drug-likeness (QED) is 0.321. The maximum atomic E-state index is 6.28. The normalized spacial score (nSPS) is 40.5. The summed E-state index contributed by atoms with van der Waals surface area (Å²) >= 11 is 6.28. The summed E-state index contributed by atoms with van der Waals surface area (Å²) in [5, 5.41) is 0.448. The van der Waals surface area contributed by atoms with Crippen LogP contribution in [-0.2, 0) is 0 Å². The molecule has 0 amide bonds. The Morgan fingerprint density at radius 2 is 1.00 bits per heavy atom. The van der Waals surface area contributed by atoms with Gasteiger partial charge >= 0.3 is 0 Å². The SMILES string of the molecule is CC1CCC(N(C2CCCCC2)C2CCC(C=CC3CCC(Cl)CC3)CC2)CC1. The van der Waals surface area contributed by atoms with E-state index < -0.39 is 0 Å². The van der Waals surface area contributed by atoms with E-state index in [4.69, 9.17) is 11.6 Å². The molecule has 0 radical (unpaired) electrons. The summed E-state index contributed by atoms with van der Waals surface area (Å²) in [6.45, 7) is 2.47. The van der Waals surface area contributed by atoms with E-state index in [0.717, 1.165) is 35.9 Å². The van der Waals surface area contributed by atoms with Crippen molar-refractivity contribution in [2.24, 2.45) is 17.8 Å². The molecule has 1 nitrogen and oxygen atoms in total. The van der Waals surface area contributed by atoms with Crippen molar-refractivity contribution in [3.8, 4) is 0 Å². The summed E-state index contributed by atoms with van der Waals surface area (Å²) in [7, 11) is 0. The number of halogens is 1. The lowest BCUT2D eigenvalue weighted by Crippen LogP contribution is -2.52. The van der Waals surface area contributed by atoms with E-state index in [0.29, 0.717) is 5.38 Å². The molecule has 0 N–H and O–H groups in total. The van der Waals surface area contributed by atoms with E-state index >= 15 is 0 Å². The maximum Gasteiger partial charge on any atom is 0.0336 e. The van der Waals surface area contributed by atoms with Gasteiger partial charge in [-0.2, -0.15) is 0 Å². The maximum absolute atomic E-state index is 6.28. The Kier molecular flexibility index (Phi) is 8.44. The molecule has 0 aromatic heterocycles. The van der Waals surface area contributed by atoms with E-state index in [1.165, 1.54) is 109 Å². The smallest absolute Gasteiger partial charge is 0.0336 e. The Morgan fingerprint density at radius 1 is 0.552 bits per heavy atom. The second kappa shape index (κ2) is 11.0. The second-order valence-electron chi connectivity index (χ2n) is 11.1. The van der Waals surface area contributed by atoms with E-state index in [9.17, 15) is 0 Å². The van der Waals surface area contributed by atoms with Gasteiger partial charge in [0.2, 0.25) is 0 Å². The lowest BCUT2D eigenvalue weighted by atomic mass is 9.79. The van der Waals surface area contributed by atoms with Crippen LogP contribution in [0.15, 0.2) is 12.2 Å². The summed E-state index contributed by atoms with van der Waals surface area (Å²) in [4.78, 5) is 3.12. The van der Waals surface area contributed by atoms with Crippen LogP contribution in [0.4, 0.5) is 0 Å². The van der Waals surface area contributed by atoms with Gasteiger partial charge in [-0.25, -0.2) is 0 Å². The van der Waals surface area contributed by atoms with Gasteiger partial charge in [0.15, 0.2) is 0 Å². The molecule has 0 saturated heterocycles. The highest BCUT2D eigenvalue weighted by atomic mass is 35.5. The first kappa shape index (κ1) is 22.2. The first-order valence-corrected chi connectivity index (χ1v) is 13.7. The average molecular weight is 420 g/mol. The fourth-order valence-corrected chi connectivity index (χ4v) is 7.24. The topological polar surface area (TPSA) is 3.24 Å². The number of alkyl halides is 1. The zero-order valence-corrected chi connectivity index (χ0v) is 19.8. The molecule has 4 rings (SSSR count). The van der Waals surface area contributed by atoms with Crippen molar-refractivity contribution in [1.29, 1.82) is 0 Å². The van der Waals surface area contributed by atoms with Crippen molar-refractivity contribution in [1.82, 2.24) is 4.90 Å². The van der Waals surface area contributed by atoms with E-state index in [-0.39, 0.29) is 0 Å². The van der Waals surface area contributed by atoms with Crippen LogP contribution >= 0.6 is 11.6 Å². The molecule has 0 aliphatic heterocycles. The first-order chi connectivity index (χ1) is 14.2. The number of allylic oxidation sites excluding steroid dienone is 2. The minimum atomic E-state index is 0.448. The molecule has 2 heteroatoms. The van der Waals surface area contributed by atoms with E-state index in [1.54, 1.807) is 0 Å². The van der Waals surface area contributed by atoms with Crippen molar-refractivity contribution in [3.05, 3.63) is 12.2 Å². The Bertz CT molecular complexity index is 487. The lowest BCUT2D eigenvalue weighted by Gasteiger charge is -2.48. The molecule has 4 aliphatic rings. The molecule has 166 valence electrons. The highest BCUT2D eigenvalue weighted by molar-refractivity contribution is 6.20. The lowest BCUT2D eigenvalue weighted by molar-refractivity contribution is 0.0130. The van der Waals surface area contributed by atoms with Crippen LogP contribution in [0.3, 0.4) is 0 Å². The average Bonchev–Trinajstić information content (AvgIpc) is 2.77. The van der Waals surface area contributed by atoms with E-state index in [2.05, 4.69) is 24.0 Å². The molecule has 4 aliphatic carbocycles. The van der Waals surface area contributed by atoms with Gasteiger partial charge in [-0.1, -0.05) is 38.3 Å². The van der Waals surface area contributed by atoms with Gasteiger partial charge in [0.1, 0.15) is 0 Å². The third-order valence-corrected chi connectivity index (χ3v) is 9.36. The van der Waals surface area contributed by atoms with Crippen LogP contribution < -0.4 is 0 Å². The number of hydrogen-bond donors (Lipinski definition) is 0. The molecule has 0 spiro atoms. The molecule has 4 fully saturated rings. The standard InChI is InChI=1S/C27H46ClN/c1-21-7-17-26(18-8-21)29(25-5-3-2-4-6-25)27-19-13-23(14-20-27)10-9-22-11-15-24(28)16-12-22/h9-10,21-27H,2-8,11-20H2,1H3. The molecule has 0 bridgehead atoms. The summed E-state index contributed by atoms with van der Waals surface area (Å²) in [5.41, 5.74) is 0. The minimum absolute atomic E-state index is 0.448. The highest BCUT2D eigenvalue weighted by Crippen LogP contribution is 2.39. The Morgan fingerprint density at radius 3 is 1.55 bits per heavy atom. The van der Waals surface area contributed by atoms with Gasteiger partial charge in [-0.15, -0.1) is 11.6 Å². The van der Waals surface area contributed by atoms with Gasteiger partial charge in [0, 0.05) is 23.5 Å². The van der Waals surface area contributed by atoms with Crippen LogP contribution in [0.5, 0.6) is 0 Å². The highest BCUT2D eigenvalue weighted by Gasteiger charge is 2.36. The predicted molar refractivity (Wildman–Crippen MR) is 127 cm³/mol. The van der Waals surface area contributed by atoms with Crippen LogP contribution in [-0.4, -0.2) is 28.4 Å². The van der Waals surface area contributed by atoms with Gasteiger partial charge in [-0.3, -0.25) is 4.90 Å². The van der Waals surface area contributed by atoms with Gasteiger partial charge in [0.25, 0.3) is 0 Å². The molecule has 4 saturated carbocycles. The van der Waals surface area contributed by atoms with Crippen LogP contribution in [0.2, 0.25) is 0 Å². The van der Waals surface area contributed by atoms with Gasteiger partial charge in [-0.05, 0) is 108 Å². The monoisotopic (exact) mass is 419 g/mol. The zero-order valence-electron chi connectivity index (χ0n) is 19.0. The zero-order chi connectivity index (χ0) is 20.1. The van der Waals surface area contributed by atoms with Crippen molar-refractivity contribution >= 4 is 11.6 Å². The molecule has 0 aromatic rings. The van der Waals surface area contributed by atoms with Crippen molar-refractivity contribution in [3.63, 3.8) is 0 Å². The predicted octanol–water partition coefficient (Wildman–Crippen LogP) is 8.11. The molecule has 0 unspecified atom stereocenters. The molecule has 29 heavy (non-hydrogen) atoms. The Balaban J connectivity index is 1.31. The van der Waals surface area contributed by atoms with E-state index in [1.807, 2.05) is 0 Å². The number of rotatable bonds is 5. The second-order valence-corrected chi connectivity index (χ2v) is 11.7. The molecule has 0 atom stereocenters. The summed E-state index contributed by atoms with van der Waals surface area (Å²) in [5.74, 6) is 2.62. The van der Waals surface area contributed by atoms with Crippen LogP contribution in [0.25, 0.3) is 0 Å². The van der Waals surface area contributed by atoms with Crippen molar-refractivity contribution in [2.45, 2.75) is 140 Å². The third kappa shape index (κ3) is 6.25. The fraction of sp³-hybridized carbons (Fsp3) is 0.926. The molecular weight excluding hydrogens is 374 g/mol. The summed E-state index contributed by atoms with van der Waals surface area (Å²) in [6, 6.07) is 2.69. The Labute approximate surface area is 186 Å². The molecule has 0 heterocycles. The van der Waals surface area contributed by atoms with Crippen LogP contribution in [0, 0.1) is 17.8 Å². The van der Waals surface area contributed by atoms with Gasteiger partial charge in [0.05, 0.1) is 0 Å². The molecule has 0 aromatic carbocycles. The summed E-state index contributed by atoms with van der Waals surface area (Å²) in [6.07, 6.45) is 29.3. The van der Waals surface area contributed by atoms with Crippen molar-refractivity contribution in [2.75, 3.05) is 0 Å². The van der Waals surface area contributed by atoms with Gasteiger partial charge < -0.3 is 0 Å². The molecular formula is C27H46ClN. The first-order valence-electron chi connectivity index (χ1n) is 13.3. The van der Waals surface area contributed by atoms with Crippen LogP contribution in [0.1, 0.15) is 116 Å². The third-order valence-electron chi connectivity index (χ3n) is 8.92. The largest absolute Gasteiger partial charge is 0.294 e. The minimum Gasteiger partial charge on any atom is -0.294 e.